The van der Waals surface area contributed by atoms with E-state index in [-0.39, 0.29) is 30.6 Å². The van der Waals surface area contributed by atoms with Gasteiger partial charge in [0.05, 0.1) is 7.11 Å². The number of rotatable bonds is 9. The molecule has 8 heteroatoms. The molecule has 0 saturated heterocycles. The zero-order valence-corrected chi connectivity index (χ0v) is 18.3. The maximum Gasteiger partial charge on any atom is 0.254 e. The van der Waals surface area contributed by atoms with Crippen LogP contribution in [0.4, 0.5) is 4.39 Å². The molecule has 0 heterocycles. The van der Waals surface area contributed by atoms with Crippen molar-refractivity contribution >= 4 is 15.9 Å². The lowest BCUT2D eigenvalue weighted by molar-refractivity contribution is 0.0729. The monoisotopic (exact) mass is 434 g/mol. The van der Waals surface area contributed by atoms with Gasteiger partial charge in [0, 0.05) is 31.2 Å². The Bertz CT molecular complexity index is 1000. The van der Waals surface area contributed by atoms with Crippen LogP contribution in [0, 0.1) is 5.82 Å². The number of hydrogen-bond donors (Lipinski definition) is 0. The Morgan fingerprint density at radius 2 is 1.73 bits per heavy atom. The molecular formula is C22H27FN2O4S. The predicted octanol–water partition coefficient (Wildman–Crippen LogP) is 3.67. The summed E-state index contributed by atoms with van der Waals surface area (Å²) < 4.78 is 46.4. The molecule has 1 aliphatic rings. The van der Waals surface area contributed by atoms with Crippen molar-refractivity contribution < 1.29 is 22.3 Å². The summed E-state index contributed by atoms with van der Waals surface area (Å²) in [4.78, 5) is 14.5. The summed E-state index contributed by atoms with van der Waals surface area (Å²) in [5.74, 6) is -0.427. The number of benzene rings is 2. The molecule has 0 radical (unpaired) electrons. The van der Waals surface area contributed by atoms with Crippen molar-refractivity contribution in [1.29, 1.82) is 0 Å². The van der Waals surface area contributed by atoms with E-state index < -0.39 is 20.7 Å². The number of carbonyl (C=O) groups excluding carboxylic acids is 1. The van der Waals surface area contributed by atoms with Gasteiger partial charge in [0.1, 0.15) is 16.5 Å². The first-order valence-electron chi connectivity index (χ1n) is 10.0. The van der Waals surface area contributed by atoms with Crippen LogP contribution < -0.4 is 4.74 Å². The van der Waals surface area contributed by atoms with Crippen LogP contribution in [-0.4, -0.2) is 49.8 Å². The Kier molecular flexibility index (Phi) is 6.77. The largest absolute Gasteiger partial charge is 0.497 e. The van der Waals surface area contributed by atoms with E-state index in [1.807, 2.05) is 24.3 Å². The Labute approximate surface area is 177 Å². The Balaban J connectivity index is 1.90. The summed E-state index contributed by atoms with van der Waals surface area (Å²) in [5, 5.41) is 0. The van der Waals surface area contributed by atoms with Gasteiger partial charge in [-0.25, -0.2) is 12.8 Å². The number of hydrogen-bond acceptors (Lipinski definition) is 4. The van der Waals surface area contributed by atoms with Crippen molar-refractivity contribution in [3.05, 3.63) is 59.4 Å². The fraction of sp³-hybridized carbons (Fsp3) is 0.409. The van der Waals surface area contributed by atoms with Crippen LogP contribution in [0.15, 0.2) is 47.4 Å². The van der Waals surface area contributed by atoms with E-state index in [0.29, 0.717) is 6.54 Å². The fourth-order valence-corrected chi connectivity index (χ4v) is 4.93. The van der Waals surface area contributed by atoms with Crippen LogP contribution in [0.25, 0.3) is 0 Å². The topological polar surface area (TPSA) is 66.9 Å². The first kappa shape index (κ1) is 22.2. The van der Waals surface area contributed by atoms with Gasteiger partial charge >= 0.3 is 0 Å². The standard InChI is InChI=1S/C22H27FN2O4S/c1-4-24(5-2)30(27,28)21-14-17(8-13-20(21)23)22(26)25(18-9-10-18)15-16-6-11-19(29-3)12-7-16/h6-8,11-14,18H,4-5,9-10,15H2,1-3H3. The summed E-state index contributed by atoms with van der Waals surface area (Å²) in [6, 6.07) is 11.1. The van der Waals surface area contributed by atoms with Gasteiger partial charge in [0.15, 0.2) is 0 Å². The van der Waals surface area contributed by atoms with E-state index in [4.69, 9.17) is 4.74 Å². The lowest BCUT2D eigenvalue weighted by atomic mass is 10.1. The van der Waals surface area contributed by atoms with Crippen LogP contribution in [0.3, 0.4) is 0 Å². The van der Waals surface area contributed by atoms with Crippen molar-refractivity contribution in [1.82, 2.24) is 9.21 Å². The van der Waals surface area contributed by atoms with Crippen molar-refractivity contribution in [2.75, 3.05) is 20.2 Å². The lowest BCUT2D eigenvalue weighted by Gasteiger charge is -2.24. The molecule has 1 saturated carbocycles. The van der Waals surface area contributed by atoms with E-state index >= 15 is 0 Å². The average molecular weight is 435 g/mol. The first-order valence-corrected chi connectivity index (χ1v) is 11.5. The second-order valence-electron chi connectivity index (χ2n) is 7.25. The molecule has 30 heavy (non-hydrogen) atoms. The van der Waals surface area contributed by atoms with E-state index in [0.717, 1.165) is 36.3 Å². The van der Waals surface area contributed by atoms with Gasteiger partial charge in [0.2, 0.25) is 10.0 Å². The third-order valence-corrected chi connectivity index (χ3v) is 7.33. The molecule has 3 rings (SSSR count). The quantitative estimate of drug-likeness (QED) is 0.604. The molecular weight excluding hydrogens is 407 g/mol. The number of amides is 1. The summed E-state index contributed by atoms with van der Waals surface area (Å²) in [6.45, 7) is 4.22. The third kappa shape index (κ3) is 4.65. The highest BCUT2D eigenvalue weighted by Gasteiger charge is 2.34. The van der Waals surface area contributed by atoms with Crippen LogP contribution >= 0.6 is 0 Å². The molecule has 0 N–H and O–H groups in total. The molecule has 6 nitrogen and oxygen atoms in total. The molecule has 0 aromatic heterocycles. The Morgan fingerprint density at radius 3 is 2.27 bits per heavy atom. The summed E-state index contributed by atoms with van der Waals surface area (Å²) >= 11 is 0. The highest BCUT2D eigenvalue weighted by atomic mass is 32.2. The fourth-order valence-electron chi connectivity index (χ4n) is 3.38. The first-order chi connectivity index (χ1) is 14.3. The molecule has 2 aromatic rings. The van der Waals surface area contributed by atoms with Gasteiger partial charge < -0.3 is 9.64 Å². The summed E-state index contributed by atoms with van der Waals surface area (Å²) in [7, 11) is -2.42. The smallest absolute Gasteiger partial charge is 0.254 e. The van der Waals surface area contributed by atoms with Gasteiger partial charge in [-0.3, -0.25) is 4.79 Å². The van der Waals surface area contributed by atoms with Crippen molar-refractivity contribution in [2.24, 2.45) is 0 Å². The molecule has 0 unspecified atom stereocenters. The zero-order valence-electron chi connectivity index (χ0n) is 17.5. The maximum atomic E-state index is 14.4. The van der Waals surface area contributed by atoms with Gasteiger partial charge in [-0.15, -0.1) is 0 Å². The minimum atomic E-state index is -4.01. The van der Waals surface area contributed by atoms with Gasteiger partial charge in [-0.05, 0) is 48.7 Å². The van der Waals surface area contributed by atoms with E-state index in [1.165, 1.54) is 10.4 Å². The number of carbonyl (C=O) groups is 1. The van der Waals surface area contributed by atoms with Gasteiger partial charge in [-0.1, -0.05) is 26.0 Å². The van der Waals surface area contributed by atoms with Crippen LogP contribution in [0.2, 0.25) is 0 Å². The van der Waals surface area contributed by atoms with E-state index in [9.17, 15) is 17.6 Å². The summed E-state index contributed by atoms with van der Waals surface area (Å²) in [5.41, 5.74) is 1.11. The van der Waals surface area contributed by atoms with Gasteiger partial charge in [-0.2, -0.15) is 4.31 Å². The number of sulfonamides is 1. The molecule has 0 atom stereocenters. The van der Waals surface area contributed by atoms with Crippen molar-refractivity contribution in [3.63, 3.8) is 0 Å². The zero-order chi connectivity index (χ0) is 21.9. The Hall–Kier alpha value is -2.45. The third-order valence-electron chi connectivity index (χ3n) is 5.26. The lowest BCUT2D eigenvalue weighted by Crippen LogP contribution is -2.34. The average Bonchev–Trinajstić information content (AvgIpc) is 3.58. The minimum absolute atomic E-state index is 0.104. The van der Waals surface area contributed by atoms with Crippen LogP contribution in [0.5, 0.6) is 5.75 Å². The normalized spacial score (nSPS) is 14.0. The van der Waals surface area contributed by atoms with Crippen LogP contribution in [-0.2, 0) is 16.6 Å². The molecule has 0 aliphatic heterocycles. The van der Waals surface area contributed by atoms with E-state index in [1.54, 1.807) is 25.9 Å². The molecule has 0 spiro atoms. The second-order valence-corrected chi connectivity index (χ2v) is 9.15. The predicted molar refractivity (Wildman–Crippen MR) is 112 cm³/mol. The van der Waals surface area contributed by atoms with Crippen molar-refractivity contribution in [3.8, 4) is 5.75 Å². The number of halogens is 1. The number of methoxy groups -OCH3 is 1. The van der Waals surface area contributed by atoms with Gasteiger partial charge in [0.25, 0.3) is 5.91 Å². The molecule has 2 aromatic carbocycles. The number of nitrogens with zero attached hydrogens (tertiary/aromatic N) is 2. The number of ether oxygens (including phenoxy) is 1. The second kappa shape index (κ2) is 9.14. The Morgan fingerprint density at radius 1 is 1.10 bits per heavy atom. The molecule has 1 aliphatic carbocycles. The molecule has 0 bridgehead atoms. The summed E-state index contributed by atoms with van der Waals surface area (Å²) in [6.07, 6.45) is 1.79. The molecule has 1 amide bonds. The molecule has 162 valence electrons. The van der Waals surface area contributed by atoms with Crippen LogP contribution in [0.1, 0.15) is 42.6 Å². The minimum Gasteiger partial charge on any atom is -0.497 e. The highest BCUT2D eigenvalue weighted by Crippen LogP contribution is 2.31. The van der Waals surface area contributed by atoms with Crippen molar-refractivity contribution in [2.45, 2.75) is 44.2 Å². The maximum absolute atomic E-state index is 14.4. The van der Waals surface area contributed by atoms with E-state index in [2.05, 4.69) is 0 Å². The molecule has 1 fully saturated rings. The highest BCUT2D eigenvalue weighted by molar-refractivity contribution is 7.89. The SMILES string of the molecule is CCN(CC)S(=O)(=O)c1cc(C(=O)N(Cc2ccc(OC)cc2)C2CC2)ccc1F.